The van der Waals surface area contributed by atoms with Crippen LogP contribution in [0.1, 0.15) is 38.9 Å². The van der Waals surface area contributed by atoms with E-state index in [0.717, 1.165) is 0 Å². The summed E-state index contributed by atoms with van der Waals surface area (Å²) < 4.78 is 47.7. The van der Waals surface area contributed by atoms with Gasteiger partial charge in [0.25, 0.3) is 15.7 Å². The van der Waals surface area contributed by atoms with Crippen molar-refractivity contribution in [2.24, 2.45) is 0 Å². The molecule has 16 heteroatoms. The maximum absolute atomic E-state index is 12.4. The number of anilines is 2. The van der Waals surface area contributed by atoms with E-state index in [0.29, 0.717) is 17.7 Å². The molecule has 0 radical (unpaired) electrons. The summed E-state index contributed by atoms with van der Waals surface area (Å²) in [4.78, 5) is 42.5. The summed E-state index contributed by atoms with van der Waals surface area (Å²) in [6.45, 7) is 4.98. The van der Waals surface area contributed by atoms with Gasteiger partial charge in [-0.1, -0.05) is 0 Å². The summed E-state index contributed by atoms with van der Waals surface area (Å²) in [5, 5.41) is 13.7. The number of non-ortho nitro benzene ring substituents is 1. The van der Waals surface area contributed by atoms with Gasteiger partial charge in [0.15, 0.2) is 0 Å². The van der Waals surface area contributed by atoms with Gasteiger partial charge in [0.05, 0.1) is 22.5 Å². The van der Waals surface area contributed by atoms with Crippen LogP contribution in [0.3, 0.4) is 0 Å². The number of hydrogen-bond acceptors (Lipinski definition) is 13. The minimum atomic E-state index is -4.13. The number of sulfonamides is 1. The predicted molar refractivity (Wildman–Crippen MR) is 146 cm³/mol. The fourth-order valence-corrected chi connectivity index (χ4v) is 4.56. The number of nitrogens with one attached hydrogen (secondary N) is 2. The van der Waals surface area contributed by atoms with Crippen LogP contribution in [0.5, 0.6) is 5.75 Å². The molecule has 0 spiro atoms. The van der Waals surface area contributed by atoms with E-state index in [2.05, 4.69) is 15.3 Å². The van der Waals surface area contributed by atoms with E-state index in [4.69, 9.17) is 18.9 Å². The summed E-state index contributed by atoms with van der Waals surface area (Å²) in [5.74, 6) is 0.338. The molecule has 3 aromatic rings. The molecule has 0 unspecified atom stereocenters. The first-order valence-corrected chi connectivity index (χ1v) is 13.9. The Morgan fingerprint density at radius 2 is 1.69 bits per heavy atom. The van der Waals surface area contributed by atoms with Crippen molar-refractivity contribution in [2.75, 3.05) is 11.9 Å². The molecular weight excluding hydrogens is 574 g/mol. The molecule has 1 saturated heterocycles. The Labute approximate surface area is 240 Å². The van der Waals surface area contributed by atoms with Crippen LogP contribution in [-0.2, 0) is 24.2 Å². The minimum Gasteiger partial charge on any atom is -0.443 e. The van der Waals surface area contributed by atoms with Crippen molar-refractivity contribution >= 4 is 39.6 Å². The summed E-state index contributed by atoms with van der Waals surface area (Å²) in [5.41, 5.74) is 0.153. The maximum atomic E-state index is 12.4. The molecular formula is C26H27N5O10S. The summed E-state index contributed by atoms with van der Waals surface area (Å²) >= 11 is 0. The standard InChI is InChI=1S/C26H27N5O10S/c1-26(2,3)41-24(32)30-42(36,37)21-10-4-17(5-11-21)29-23-27-13-16(14-28-23)22-12-20(15-38-22)40-25(33)39-19-8-6-18(7-9-19)31(34)35/h4-11,13-14,20,22H,12,15H2,1-3H3,(H,30,32)(H,27,28,29)/t20-,22+/m0/s1. The molecule has 0 bridgehead atoms. The van der Waals surface area contributed by atoms with Crippen molar-refractivity contribution in [1.82, 2.24) is 14.7 Å². The Morgan fingerprint density at radius 3 is 2.29 bits per heavy atom. The highest BCUT2D eigenvalue weighted by molar-refractivity contribution is 7.90. The maximum Gasteiger partial charge on any atom is 0.514 e. The summed E-state index contributed by atoms with van der Waals surface area (Å²) in [6, 6.07) is 10.6. The second-order valence-electron chi connectivity index (χ2n) is 10.00. The van der Waals surface area contributed by atoms with E-state index in [1.54, 1.807) is 33.2 Å². The van der Waals surface area contributed by atoms with Gasteiger partial charge in [-0.15, -0.1) is 0 Å². The highest BCUT2D eigenvalue weighted by atomic mass is 32.2. The third-order valence-electron chi connectivity index (χ3n) is 5.55. The number of ether oxygens (including phenoxy) is 4. The molecule has 1 aliphatic rings. The average molecular weight is 602 g/mol. The number of nitrogens with zero attached hydrogens (tertiary/aromatic N) is 3. The smallest absolute Gasteiger partial charge is 0.443 e. The Balaban J connectivity index is 1.27. The third-order valence-corrected chi connectivity index (χ3v) is 6.88. The fraction of sp³-hybridized carbons (Fsp3) is 0.308. The van der Waals surface area contributed by atoms with Crippen molar-refractivity contribution in [3.05, 3.63) is 76.6 Å². The lowest BCUT2D eigenvalue weighted by Crippen LogP contribution is -2.36. The number of benzene rings is 2. The number of aromatic nitrogens is 2. The van der Waals surface area contributed by atoms with Crippen LogP contribution in [0, 0.1) is 10.1 Å². The monoisotopic (exact) mass is 601 g/mol. The van der Waals surface area contributed by atoms with Crippen LogP contribution in [0.4, 0.5) is 26.9 Å². The Hall–Kier alpha value is -4.83. The minimum absolute atomic E-state index is 0.103. The third kappa shape index (κ3) is 8.34. The fourth-order valence-electron chi connectivity index (χ4n) is 3.69. The molecule has 2 N–H and O–H groups in total. The number of nitro groups is 1. The van der Waals surface area contributed by atoms with Crippen LogP contribution in [0.2, 0.25) is 0 Å². The predicted octanol–water partition coefficient (Wildman–Crippen LogP) is 4.39. The van der Waals surface area contributed by atoms with E-state index in [1.807, 2.05) is 4.72 Å². The summed E-state index contributed by atoms with van der Waals surface area (Å²) in [7, 11) is -4.13. The van der Waals surface area contributed by atoms with Crippen molar-refractivity contribution in [2.45, 2.75) is 49.9 Å². The van der Waals surface area contributed by atoms with E-state index < -0.39 is 45.0 Å². The van der Waals surface area contributed by atoms with Crippen molar-refractivity contribution in [3.8, 4) is 5.75 Å². The highest BCUT2D eigenvalue weighted by Gasteiger charge is 2.31. The van der Waals surface area contributed by atoms with Crippen molar-refractivity contribution in [1.29, 1.82) is 0 Å². The Bertz CT molecular complexity index is 1540. The molecule has 222 valence electrons. The van der Waals surface area contributed by atoms with Crippen LogP contribution >= 0.6 is 0 Å². The average Bonchev–Trinajstić information content (AvgIpc) is 3.36. The zero-order valence-corrected chi connectivity index (χ0v) is 23.5. The van der Waals surface area contributed by atoms with Crippen molar-refractivity contribution < 1.29 is 41.9 Å². The molecule has 2 heterocycles. The first-order chi connectivity index (χ1) is 19.8. The van der Waals surface area contributed by atoms with Gasteiger partial charge in [-0.3, -0.25) is 10.1 Å². The lowest BCUT2D eigenvalue weighted by molar-refractivity contribution is -0.384. The topological polar surface area (TPSA) is 198 Å². The molecule has 15 nitrogen and oxygen atoms in total. The van der Waals surface area contributed by atoms with Gasteiger partial charge in [0.2, 0.25) is 5.95 Å². The number of hydrogen-bond donors (Lipinski definition) is 2. The van der Waals surface area contributed by atoms with Gasteiger partial charge in [-0.25, -0.2) is 32.7 Å². The molecule has 2 aromatic carbocycles. The van der Waals surface area contributed by atoms with Crippen LogP contribution in [-0.4, -0.2) is 53.9 Å². The Kier molecular flexibility index (Phi) is 8.87. The normalized spacial score (nSPS) is 16.7. The number of nitro benzene ring substituents is 1. The molecule has 1 aliphatic heterocycles. The second-order valence-corrected chi connectivity index (χ2v) is 11.7. The number of amides is 1. The van der Waals surface area contributed by atoms with Gasteiger partial charge in [-0.05, 0) is 57.2 Å². The second kappa shape index (κ2) is 12.4. The van der Waals surface area contributed by atoms with Crippen LogP contribution in [0.15, 0.2) is 65.8 Å². The molecule has 0 saturated carbocycles. The molecule has 42 heavy (non-hydrogen) atoms. The quantitative estimate of drug-likeness (QED) is 0.160. The van der Waals surface area contributed by atoms with Gasteiger partial charge in [0, 0.05) is 42.2 Å². The molecule has 0 aliphatic carbocycles. The lowest BCUT2D eigenvalue weighted by Gasteiger charge is -2.19. The highest BCUT2D eigenvalue weighted by Crippen LogP contribution is 2.30. The van der Waals surface area contributed by atoms with Crippen LogP contribution < -0.4 is 14.8 Å². The zero-order valence-electron chi connectivity index (χ0n) is 22.7. The van der Waals surface area contributed by atoms with Crippen molar-refractivity contribution in [3.63, 3.8) is 0 Å². The van der Waals surface area contributed by atoms with E-state index in [-0.39, 0.29) is 28.9 Å². The van der Waals surface area contributed by atoms with E-state index in [9.17, 15) is 28.1 Å². The van der Waals surface area contributed by atoms with Gasteiger partial charge >= 0.3 is 12.2 Å². The first kappa shape index (κ1) is 30.1. The molecule has 4 rings (SSSR count). The first-order valence-electron chi connectivity index (χ1n) is 12.5. The molecule has 1 amide bonds. The van der Waals surface area contributed by atoms with Gasteiger partial charge in [0.1, 0.15) is 17.5 Å². The number of carbonyl (C=O) groups excluding carboxylic acids is 2. The SMILES string of the molecule is CC(C)(C)OC(=O)NS(=O)(=O)c1ccc(Nc2ncc([C@H]3C[C@H](OC(=O)Oc4ccc([N+](=O)[O-])cc4)CO3)cn2)cc1. The van der Waals surface area contributed by atoms with E-state index in [1.165, 1.54) is 48.5 Å². The largest absolute Gasteiger partial charge is 0.514 e. The lowest BCUT2D eigenvalue weighted by atomic mass is 10.1. The molecule has 1 aromatic heterocycles. The number of rotatable bonds is 8. The summed E-state index contributed by atoms with van der Waals surface area (Å²) in [6.07, 6.45) is 0.357. The van der Waals surface area contributed by atoms with Gasteiger partial charge < -0.3 is 24.3 Å². The zero-order chi connectivity index (χ0) is 30.5. The van der Waals surface area contributed by atoms with E-state index >= 15 is 0 Å². The van der Waals surface area contributed by atoms with Crippen LogP contribution in [0.25, 0.3) is 0 Å². The number of carbonyl (C=O) groups is 2. The Morgan fingerprint density at radius 1 is 1.05 bits per heavy atom. The molecule has 1 fully saturated rings. The molecule has 2 atom stereocenters. The van der Waals surface area contributed by atoms with Gasteiger partial charge in [-0.2, -0.15) is 0 Å².